The Hall–Kier alpha value is -4.93. The Morgan fingerprint density at radius 2 is 1.72 bits per heavy atom. The summed E-state index contributed by atoms with van der Waals surface area (Å²) in [6.45, 7) is 9.35. The van der Waals surface area contributed by atoms with Gasteiger partial charge in [-0.3, -0.25) is 19.4 Å². The molecule has 53 heavy (non-hydrogen) atoms. The Balaban J connectivity index is 0.935. The van der Waals surface area contributed by atoms with Gasteiger partial charge in [0.2, 0.25) is 11.8 Å². The van der Waals surface area contributed by atoms with Crippen molar-refractivity contribution in [2.75, 3.05) is 32.7 Å². The molecule has 0 radical (unpaired) electrons. The number of nitriles is 1. The van der Waals surface area contributed by atoms with E-state index in [0.29, 0.717) is 55.3 Å². The lowest BCUT2D eigenvalue weighted by atomic mass is 9.57. The second kappa shape index (κ2) is 12.9. The minimum atomic E-state index is -0.692. The zero-order chi connectivity index (χ0) is 36.6. The molecule has 1 amide bonds. The van der Waals surface area contributed by atoms with Gasteiger partial charge in [-0.05, 0) is 84.5 Å². The normalized spacial score (nSPS) is 19.7. The lowest BCUT2D eigenvalue weighted by Crippen LogP contribution is -2.62. The van der Waals surface area contributed by atoms with Gasteiger partial charge in [-0.2, -0.15) is 5.26 Å². The number of amides is 1. The molecule has 0 unspecified atom stereocenters. The second-order valence-corrected chi connectivity index (χ2v) is 16.6. The number of carboxylic acid groups (broad SMARTS) is 1. The topological polar surface area (TPSA) is 147 Å². The highest BCUT2D eigenvalue weighted by molar-refractivity contribution is 7.15. The largest absolute Gasteiger partial charge is 0.481 e. The molecule has 5 heterocycles. The van der Waals surface area contributed by atoms with Crippen LogP contribution >= 0.6 is 11.3 Å². The molecule has 4 aliphatic rings. The lowest BCUT2D eigenvalue weighted by molar-refractivity contribution is -0.161. The minimum absolute atomic E-state index is 0.0784. The number of β-amino-alcohol motifs (C(OH)–C–C–N with tert-alkyl or cyclic N) is 1. The van der Waals surface area contributed by atoms with Gasteiger partial charge in [-0.25, -0.2) is 9.97 Å². The maximum atomic E-state index is 13.0. The SMILES string of the molecule is Cc1c(-c2nc3cc(CN4CC5(CC(C(=O)O)C5)C4)cc(C#N)c3o2)cccc1-c1cccc(-c2nc3c(s2)CN(C(=O)CN2CC[C@@H](O)C2)C3)c1C. The molecule has 3 fully saturated rings. The van der Waals surface area contributed by atoms with Crippen molar-refractivity contribution >= 4 is 34.3 Å². The summed E-state index contributed by atoms with van der Waals surface area (Å²) < 4.78 is 6.31. The molecule has 1 atom stereocenters. The number of benzene rings is 3. The number of thiazole rings is 1. The van der Waals surface area contributed by atoms with Crippen molar-refractivity contribution in [1.82, 2.24) is 24.7 Å². The predicted molar refractivity (Wildman–Crippen MR) is 200 cm³/mol. The summed E-state index contributed by atoms with van der Waals surface area (Å²) in [5, 5.41) is 30.1. The van der Waals surface area contributed by atoms with Gasteiger partial charge < -0.3 is 19.5 Å². The summed E-state index contributed by atoms with van der Waals surface area (Å²) in [6.07, 6.45) is 1.87. The van der Waals surface area contributed by atoms with E-state index in [9.17, 15) is 25.1 Å². The van der Waals surface area contributed by atoms with Gasteiger partial charge in [0.15, 0.2) is 5.58 Å². The summed E-state index contributed by atoms with van der Waals surface area (Å²) in [7, 11) is 0. The number of fused-ring (bicyclic) bond motifs is 2. The Kier molecular flexibility index (Phi) is 8.23. The number of aliphatic hydroxyl groups is 1. The van der Waals surface area contributed by atoms with Crippen LogP contribution in [0.15, 0.2) is 52.9 Å². The van der Waals surface area contributed by atoms with E-state index in [2.05, 4.69) is 49.1 Å². The Morgan fingerprint density at radius 1 is 1.00 bits per heavy atom. The van der Waals surface area contributed by atoms with Crippen LogP contribution in [0.4, 0.5) is 0 Å². The van der Waals surface area contributed by atoms with Crippen molar-refractivity contribution in [2.24, 2.45) is 11.3 Å². The number of carbonyl (C=O) groups is 2. The highest BCUT2D eigenvalue weighted by Gasteiger charge is 2.54. The molecule has 11 nitrogen and oxygen atoms in total. The molecule has 0 bridgehead atoms. The number of carboxylic acids is 1. The number of rotatable bonds is 8. The number of aliphatic hydroxyl groups excluding tert-OH is 1. The highest BCUT2D eigenvalue weighted by atomic mass is 32.1. The van der Waals surface area contributed by atoms with Crippen LogP contribution in [-0.4, -0.2) is 85.6 Å². The van der Waals surface area contributed by atoms with Crippen LogP contribution in [0.25, 0.3) is 44.3 Å². The molecule has 270 valence electrons. The molecule has 2 N–H and O–H groups in total. The Morgan fingerprint density at radius 3 is 2.40 bits per heavy atom. The van der Waals surface area contributed by atoms with Gasteiger partial charge in [-0.1, -0.05) is 30.3 Å². The number of oxazole rings is 1. The first kappa shape index (κ1) is 33.9. The van der Waals surface area contributed by atoms with Crippen molar-refractivity contribution in [2.45, 2.75) is 58.8 Å². The number of likely N-dealkylation sites (tertiary alicyclic amines) is 2. The summed E-state index contributed by atoms with van der Waals surface area (Å²) >= 11 is 1.65. The first-order chi connectivity index (χ1) is 25.6. The van der Waals surface area contributed by atoms with E-state index < -0.39 is 5.97 Å². The van der Waals surface area contributed by atoms with Crippen LogP contribution in [0.5, 0.6) is 0 Å². The molecule has 12 heteroatoms. The maximum Gasteiger partial charge on any atom is 0.306 e. The third-order valence-electron chi connectivity index (χ3n) is 11.7. The van der Waals surface area contributed by atoms with Crippen LogP contribution in [0.3, 0.4) is 0 Å². The van der Waals surface area contributed by atoms with Crippen molar-refractivity contribution in [1.29, 1.82) is 5.26 Å². The average Bonchev–Trinajstić information content (AvgIpc) is 3.89. The van der Waals surface area contributed by atoms with E-state index in [4.69, 9.17) is 14.4 Å². The van der Waals surface area contributed by atoms with Crippen molar-refractivity contribution in [3.8, 4) is 39.2 Å². The third-order valence-corrected chi connectivity index (χ3v) is 12.8. The fraction of sp³-hybridized carbons (Fsp3) is 0.390. The number of hydrogen-bond donors (Lipinski definition) is 2. The van der Waals surface area contributed by atoms with Crippen LogP contribution < -0.4 is 0 Å². The molecule has 1 aliphatic carbocycles. The lowest BCUT2D eigenvalue weighted by Gasteiger charge is -2.58. The standard InChI is InChI=1S/C41H40N6O5S/c1-23-29(30-6-4-8-32(24(30)2)39-44-34-18-47(19-35(34)53-39)36(49)20-45-10-9-28(48)17-45)5-3-7-31(23)38-43-33-12-25(11-26(15-42)37(33)52-38)16-46-21-41(22-46)13-27(14-41)40(50)51/h3-8,11-12,27-28,48H,9-10,13-14,16-22H2,1-2H3,(H,50,51)/t28-/m1/s1. The first-order valence-corrected chi connectivity index (χ1v) is 19.0. The fourth-order valence-corrected chi connectivity index (χ4v) is 10.1. The maximum absolute atomic E-state index is 13.0. The van der Waals surface area contributed by atoms with Crippen molar-refractivity contribution in [3.05, 3.63) is 81.4 Å². The number of nitrogens with zero attached hydrogens (tertiary/aromatic N) is 6. The number of carbonyl (C=O) groups excluding carboxylic acids is 1. The molecular weight excluding hydrogens is 689 g/mol. The molecular formula is C41H40N6O5S. The third kappa shape index (κ3) is 6.02. The zero-order valence-electron chi connectivity index (χ0n) is 29.8. The fourth-order valence-electron chi connectivity index (χ4n) is 8.97. The summed E-state index contributed by atoms with van der Waals surface area (Å²) in [5.41, 5.74) is 9.87. The van der Waals surface area contributed by atoms with Crippen LogP contribution in [-0.2, 0) is 29.2 Å². The molecule has 9 rings (SSSR count). The van der Waals surface area contributed by atoms with Gasteiger partial charge in [0, 0.05) is 48.7 Å². The summed E-state index contributed by atoms with van der Waals surface area (Å²) in [5.74, 6) is -0.359. The van der Waals surface area contributed by atoms with E-state index >= 15 is 0 Å². The monoisotopic (exact) mass is 728 g/mol. The van der Waals surface area contributed by atoms with Gasteiger partial charge in [0.25, 0.3) is 0 Å². The molecule has 3 aromatic carbocycles. The molecule has 3 aliphatic heterocycles. The smallest absolute Gasteiger partial charge is 0.306 e. The highest BCUT2D eigenvalue weighted by Crippen LogP contribution is 2.52. The number of hydrogen-bond acceptors (Lipinski definition) is 10. The first-order valence-electron chi connectivity index (χ1n) is 18.2. The minimum Gasteiger partial charge on any atom is -0.481 e. The Labute approximate surface area is 311 Å². The van der Waals surface area contributed by atoms with Crippen LogP contribution in [0.2, 0.25) is 0 Å². The Bertz CT molecular complexity index is 2320. The average molecular weight is 729 g/mol. The predicted octanol–water partition coefficient (Wildman–Crippen LogP) is 5.98. The van der Waals surface area contributed by atoms with Gasteiger partial charge in [0.05, 0.1) is 42.9 Å². The van der Waals surface area contributed by atoms with Gasteiger partial charge in [0.1, 0.15) is 16.6 Å². The van der Waals surface area contributed by atoms with Gasteiger partial charge in [-0.15, -0.1) is 11.3 Å². The summed E-state index contributed by atoms with van der Waals surface area (Å²) in [6, 6.07) is 18.6. The molecule has 1 spiro atoms. The summed E-state index contributed by atoms with van der Waals surface area (Å²) in [4.78, 5) is 41.5. The second-order valence-electron chi connectivity index (χ2n) is 15.5. The zero-order valence-corrected chi connectivity index (χ0v) is 30.6. The quantitative estimate of drug-likeness (QED) is 0.196. The van der Waals surface area contributed by atoms with Crippen molar-refractivity contribution in [3.63, 3.8) is 0 Å². The van der Waals surface area contributed by atoms with Gasteiger partial charge >= 0.3 is 5.97 Å². The number of aliphatic carboxylic acids is 1. The number of aromatic nitrogens is 2. The molecule has 1 saturated carbocycles. The molecule has 5 aromatic rings. The van der Waals surface area contributed by atoms with Crippen LogP contribution in [0, 0.1) is 36.5 Å². The van der Waals surface area contributed by atoms with E-state index in [1.54, 1.807) is 11.3 Å². The van der Waals surface area contributed by atoms with E-state index in [0.717, 1.165) is 93.4 Å². The van der Waals surface area contributed by atoms with Crippen LogP contribution in [0.1, 0.15) is 52.1 Å². The molecule has 2 saturated heterocycles. The van der Waals surface area contributed by atoms with Crippen molar-refractivity contribution < 1.29 is 24.2 Å². The van der Waals surface area contributed by atoms with E-state index in [1.807, 2.05) is 34.1 Å². The van der Waals surface area contributed by atoms with E-state index in [-0.39, 0.29) is 23.3 Å². The molecule has 2 aromatic heterocycles. The van der Waals surface area contributed by atoms with E-state index in [1.165, 1.54) is 0 Å².